The SMILES string of the molecule is N#Cc1nn(-c2cc(Cl)c(-n3ncc4c3ccc(=O)n4C3CCS(=O)(=O)CC3)c(Cl)c2)c(=O)[nH]c1=O. The Balaban J connectivity index is 1.63. The van der Waals surface area contributed by atoms with Gasteiger partial charge in [0.05, 0.1) is 44.5 Å². The molecule has 1 aliphatic heterocycles. The fraction of sp³-hybridized carbons (Fsp3) is 0.238. The van der Waals surface area contributed by atoms with Crippen LogP contribution in [0.25, 0.3) is 22.4 Å². The Kier molecular flexibility index (Phi) is 5.82. The maximum Gasteiger partial charge on any atom is 0.349 e. The molecular formula is C21H15Cl2N7O5S. The average molecular weight is 548 g/mol. The number of nitrogens with one attached hydrogen (secondary N) is 1. The van der Waals surface area contributed by atoms with Crippen molar-refractivity contribution in [2.75, 3.05) is 11.5 Å². The summed E-state index contributed by atoms with van der Waals surface area (Å²) in [5, 5.41) is 17.3. The van der Waals surface area contributed by atoms with Crippen LogP contribution in [0.2, 0.25) is 10.0 Å². The van der Waals surface area contributed by atoms with Gasteiger partial charge in [-0.2, -0.15) is 15.0 Å². The van der Waals surface area contributed by atoms with Gasteiger partial charge in [-0.25, -0.2) is 17.9 Å². The van der Waals surface area contributed by atoms with Crippen LogP contribution in [0, 0.1) is 11.3 Å². The second kappa shape index (κ2) is 8.74. The number of rotatable bonds is 3. The van der Waals surface area contributed by atoms with E-state index in [9.17, 15) is 22.8 Å². The minimum absolute atomic E-state index is 0.000574. The highest BCUT2D eigenvalue weighted by molar-refractivity contribution is 7.91. The molecule has 0 saturated carbocycles. The van der Waals surface area contributed by atoms with E-state index in [2.05, 4.69) is 10.2 Å². The maximum absolute atomic E-state index is 12.7. The van der Waals surface area contributed by atoms with Crippen LogP contribution in [0.5, 0.6) is 0 Å². The molecule has 4 aromatic rings. The lowest BCUT2D eigenvalue weighted by atomic mass is 10.1. The van der Waals surface area contributed by atoms with Crippen molar-refractivity contribution < 1.29 is 8.42 Å². The third kappa shape index (κ3) is 4.02. The summed E-state index contributed by atoms with van der Waals surface area (Å²) in [6.07, 6.45) is 2.11. The molecule has 4 heterocycles. The van der Waals surface area contributed by atoms with Gasteiger partial charge in [0.15, 0.2) is 0 Å². The van der Waals surface area contributed by atoms with E-state index < -0.39 is 26.8 Å². The Bertz CT molecular complexity index is 1840. The third-order valence-corrected chi connectivity index (χ3v) is 8.24. The van der Waals surface area contributed by atoms with Crippen molar-refractivity contribution in [2.24, 2.45) is 0 Å². The summed E-state index contributed by atoms with van der Waals surface area (Å²) in [4.78, 5) is 38.6. The zero-order chi connectivity index (χ0) is 25.8. The van der Waals surface area contributed by atoms with Crippen molar-refractivity contribution in [3.05, 3.63) is 77.4 Å². The standard InChI is InChI=1S/C21H15Cl2N7O5S/c22-13-7-12(29-21(33)26-20(32)15(9-24)27-29)8-14(23)19(13)30-16-1-2-18(31)28(17(16)10-25-30)11-3-5-36(34,35)6-4-11/h1-2,7-8,10-11H,3-6H2,(H,26,32,33). The van der Waals surface area contributed by atoms with Gasteiger partial charge in [-0.05, 0) is 31.0 Å². The van der Waals surface area contributed by atoms with Gasteiger partial charge in [0, 0.05) is 12.1 Å². The van der Waals surface area contributed by atoms with Crippen LogP contribution in [0.4, 0.5) is 0 Å². The number of sulfone groups is 1. The Morgan fingerprint density at radius 3 is 2.33 bits per heavy atom. The molecular weight excluding hydrogens is 533 g/mol. The topological polar surface area (TPSA) is 165 Å². The van der Waals surface area contributed by atoms with Crippen LogP contribution < -0.4 is 16.8 Å². The van der Waals surface area contributed by atoms with Crippen molar-refractivity contribution in [2.45, 2.75) is 18.9 Å². The summed E-state index contributed by atoms with van der Waals surface area (Å²) in [6.45, 7) is 0. The summed E-state index contributed by atoms with van der Waals surface area (Å²) in [7, 11) is -3.11. The molecule has 0 atom stereocenters. The molecule has 0 amide bonds. The minimum Gasteiger partial charge on any atom is -0.302 e. The predicted octanol–water partition coefficient (Wildman–Crippen LogP) is 1.35. The van der Waals surface area contributed by atoms with E-state index >= 15 is 0 Å². The number of benzene rings is 1. The highest BCUT2D eigenvalue weighted by atomic mass is 35.5. The molecule has 12 nitrogen and oxygen atoms in total. The van der Waals surface area contributed by atoms with E-state index in [0.29, 0.717) is 23.9 Å². The number of nitriles is 1. The molecule has 1 aliphatic rings. The van der Waals surface area contributed by atoms with Crippen LogP contribution >= 0.6 is 23.2 Å². The van der Waals surface area contributed by atoms with Crippen LogP contribution in [0.1, 0.15) is 24.6 Å². The average Bonchev–Trinajstić information content (AvgIpc) is 3.22. The van der Waals surface area contributed by atoms with E-state index in [-0.39, 0.29) is 44.5 Å². The van der Waals surface area contributed by atoms with Gasteiger partial charge < -0.3 is 4.57 Å². The Morgan fingerprint density at radius 1 is 1.03 bits per heavy atom. The minimum atomic E-state index is -3.11. The first-order valence-electron chi connectivity index (χ1n) is 10.5. The van der Waals surface area contributed by atoms with E-state index in [1.54, 1.807) is 12.1 Å². The van der Waals surface area contributed by atoms with Gasteiger partial charge in [-0.1, -0.05) is 23.2 Å². The number of aromatic amines is 1. The number of nitrogens with zero attached hydrogens (tertiary/aromatic N) is 6. The first kappa shape index (κ1) is 24.0. The van der Waals surface area contributed by atoms with E-state index in [0.717, 1.165) is 4.68 Å². The highest BCUT2D eigenvalue weighted by Gasteiger charge is 2.27. The fourth-order valence-electron chi connectivity index (χ4n) is 4.26. The monoisotopic (exact) mass is 547 g/mol. The summed E-state index contributed by atoms with van der Waals surface area (Å²) < 4.78 is 27.5. The van der Waals surface area contributed by atoms with Crippen LogP contribution in [-0.4, -0.2) is 49.0 Å². The van der Waals surface area contributed by atoms with Gasteiger partial charge >= 0.3 is 5.69 Å². The number of H-pyrrole nitrogens is 1. The van der Waals surface area contributed by atoms with E-state index in [1.807, 2.05) is 4.98 Å². The lowest BCUT2D eigenvalue weighted by Gasteiger charge is -2.24. The van der Waals surface area contributed by atoms with Gasteiger partial charge in [0.1, 0.15) is 21.6 Å². The van der Waals surface area contributed by atoms with Crippen molar-refractivity contribution in [3.63, 3.8) is 0 Å². The van der Waals surface area contributed by atoms with Gasteiger partial charge in [-0.15, -0.1) is 5.10 Å². The van der Waals surface area contributed by atoms with Crippen molar-refractivity contribution in [1.29, 1.82) is 5.26 Å². The van der Waals surface area contributed by atoms with Gasteiger partial charge in [-0.3, -0.25) is 14.6 Å². The summed E-state index contributed by atoms with van der Waals surface area (Å²) in [6, 6.07) is 6.97. The second-order valence-corrected chi connectivity index (χ2v) is 11.3. The normalized spacial score (nSPS) is 15.7. The van der Waals surface area contributed by atoms with Crippen LogP contribution in [0.15, 0.2) is 44.8 Å². The lowest BCUT2D eigenvalue weighted by Crippen LogP contribution is -2.33. The molecule has 5 rings (SSSR count). The van der Waals surface area contributed by atoms with Crippen molar-refractivity contribution in [3.8, 4) is 17.4 Å². The molecule has 15 heteroatoms. The molecule has 36 heavy (non-hydrogen) atoms. The summed E-state index contributed by atoms with van der Waals surface area (Å²) in [5.41, 5.74) is -1.26. The summed E-state index contributed by atoms with van der Waals surface area (Å²) in [5.74, 6) is -0.00115. The number of fused-ring (bicyclic) bond motifs is 1. The number of hydrogen-bond acceptors (Lipinski definition) is 8. The maximum atomic E-state index is 12.7. The van der Waals surface area contributed by atoms with Gasteiger partial charge in [0.2, 0.25) is 5.69 Å². The largest absolute Gasteiger partial charge is 0.349 e. The smallest absolute Gasteiger partial charge is 0.302 e. The Hall–Kier alpha value is -3.73. The molecule has 1 aromatic carbocycles. The quantitative estimate of drug-likeness (QED) is 0.401. The number of halogens is 2. The zero-order valence-corrected chi connectivity index (χ0v) is 20.5. The van der Waals surface area contributed by atoms with E-state index in [4.69, 9.17) is 28.5 Å². The molecule has 0 radical (unpaired) electrons. The molecule has 0 bridgehead atoms. The molecule has 0 unspecified atom stereocenters. The van der Waals surface area contributed by atoms with E-state index in [1.165, 1.54) is 33.6 Å². The number of hydrogen-bond donors (Lipinski definition) is 1. The van der Waals surface area contributed by atoms with Crippen LogP contribution in [-0.2, 0) is 9.84 Å². The first-order valence-corrected chi connectivity index (χ1v) is 13.1. The molecule has 0 aliphatic carbocycles. The molecule has 1 N–H and O–H groups in total. The second-order valence-electron chi connectivity index (χ2n) is 8.14. The summed E-state index contributed by atoms with van der Waals surface area (Å²) >= 11 is 13.0. The molecule has 1 fully saturated rings. The number of pyridine rings is 1. The molecule has 3 aromatic heterocycles. The van der Waals surface area contributed by atoms with Crippen LogP contribution in [0.3, 0.4) is 0 Å². The fourth-order valence-corrected chi connectivity index (χ4v) is 6.36. The molecule has 184 valence electrons. The molecule has 0 spiro atoms. The third-order valence-electron chi connectivity index (χ3n) is 5.95. The lowest BCUT2D eigenvalue weighted by molar-refractivity contribution is 0.450. The van der Waals surface area contributed by atoms with Crippen molar-refractivity contribution in [1.82, 2.24) is 29.1 Å². The Labute approximate surface area is 211 Å². The van der Waals surface area contributed by atoms with Gasteiger partial charge in [0.25, 0.3) is 11.1 Å². The first-order chi connectivity index (χ1) is 17.1. The highest BCUT2D eigenvalue weighted by Crippen LogP contribution is 2.34. The zero-order valence-electron chi connectivity index (χ0n) is 18.2. The molecule has 1 saturated heterocycles. The Morgan fingerprint density at radius 2 is 1.69 bits per heavy atom. The predicted molar refractivity (Wildman–Crippen MR) is 131 cm³/mol. The van der Waals surface area contributed by atoms with Crippen molar-refractivity contribution >= 4 is 44.1 Å². The number of aromatic nitrogens is 6.